The van der Waals surface area contributed by atoms with E-state index in [2.05, 4.69) is 16.4 Å². The largest absolute Gasteiger partial charge is 0.303 e. The van der Waals surface area contributed by atoms with Crippen molar-refractivity contribution in [1.82, 2.24) is 14.7 Å². The van der Waals surface area contributed by atoms with Crippen LogP contribution in [0.4, 0.5) is 0 Å². The van der Waals surface area contributed by atoms with E-state index < -0.39 is 0 Å². The van der Waals surface area contributed by atoms with Crippen LogP contribution >= 0.6 is 11.6 Å². The van der Waals surface area contributed by atoms with Gasteiger partial charge in [0.1, 0.15) is 5.15 Å². The molecule has 0 atom stereocenters. The summed E-state index contributed by atoms with van der Waals surface area (Å²) in [6.07, 6.45) is 5.62. The fourth-order valence-corrected chi connectivity index (χ4v) is 2.21. The number of halogens is 1. The van der Waals surface area contributed by atoms with Crippen molar-refractivity contribution in [2.45, 2.75) is 25.8 Å². The van der Waals surface area contributed by atoms with E-state index in [1.54, 1.807) is 0 Å². The Bertz CT molecular complexity index is 412. The fraction of sp³-hybridized carbons (Fsp3) is 0.583. The van der Waals surface area contributed by atoms with E-state index in [1.807, 2.05) is 0 Å². The van der Waals surface area contributed by atoms with Gasteiger partial charge >= 0.3 is 0 Å². The Hall–Kier alpha value is -0.870. The molecule has 0 spiro atoms. The van der Waals surface area contributed by atoms with Crippen molar-refractivity contribution in [3.63, 3.8) is 0 Å². The van der Waals surface area contributed by atoms with E-state index in [1.165, 1.54) is 29.7 Å². The number of hydrogen-bond donors (Lipinski definition) is 0. The lowest BCUT2D eigenvalue weighted by molar-refractivity contribution is 0.245. The monoisotopic (exact) mass is 254 g/mol. The van der Waals surface area contributed by atoms with Crippen molar-refractivity contribution in [2.24, 2.45) is 0 Å². The summed E-state index contributed by atoms with van der Waals surface area (Å²) < 4.78 is 1.44. The normalized spacial score (nSPS) is 17.2. The molecule has 17 heavy (non-hydrogen) atoms. The van der Waals surface area contributed by atoms with Crippen molar-refractivity contribution in [3.8, 4) is 0 Å². The van der Waals surface area contributed by atoms with Crippen LogP contribution in [0.2, 0.25) is 5.15 Å². The summed E-state index contributed by atoms with van der Waals surface area (Å²) in [5.41, 5.74) is -0.0821. The van der Waals surface area contributed by atoms with Crippen LogP contribution in [0.25, 0.3) is 0 Å². The van der Waals surface area contributed by atoms with Crippen LogP contribution in [0, 0.1) is 6.42 Å². The quantitative estimate of drug-likeness (QED) is 0.819. The molecule has 0 saturated carbocycles. The Kier molecular flexibility index (Phi) is 4.57. The highest BCUT2D eigenvalue weighted by Gasteiger charge is 2.09. The first-order valence-electron chi connectivity index (χ1n) is 6.03. The van der Waals surface area contributed by atoms with Gasteiger partial charge in [-0.05, 0) is 51.4 Å². The van der Waals surface area contributed by atoms with Gasteiger partial charge in [-0.15, -0.1) is 0 Å². The summed E-state index contributed by atoms with van der Waals surface area (Å²) >= 11 is 5.76. The first kappa shape index (κ1) is 12.6. The molecule has 1 aromatic heterocycles. The molecule has 1 aromatic rings. The highest BCUT2D eigenvalue weighted by Crippen LogP contribution is 2.08. The van der Waals surface area contributed by atoms with E-state index in [0.717, 1.165) is 26.1 Å². The molecule has 0 aliphatic carbocycles. The molecule has 0 aromatic carbocycles. The molecule has 0 unspecified atom stereocenters. The first-order valence-corrected chi connectivity index (χ1v) is 6.41. The van der Waals surface area contributed by atoms with Crippen molar-refractivity contribution in [3.05, 3.63) is 34.1 Å². The van der Waals surface area contributed by atoms with Gasteiger partial charge in [0.2, 0.25) is 0 Å². The average Bonchev–Trinajstić information content (AvgIpc) is 2.35. The molecule has 93 valence electrons. The predicted octanol–water partition coefficient (Wildman–Crippen LogP) is 1.59. The summed E-state index contributed by atoms with van der Waals surface area (Å²) in [5, 5.41) is 4.37. The maximum atomic E-state index is 11.5. The topological polar surface area (TPSA) is 38.1 Å². The minimum Gasteiger partial charge on any atom is -0.303 e. The maximum absolute atomic E-state index is 11.5. The number of aryl methyl sites for hydroxylation is 1. The average molecular weight is 255 g/mol. The van der Waals surface area contributed by atoms with E-state index in [-0.39, 0.29) is 5.56 Å². The summed E-state index contributed by atoms with van der Waals surface area (Å²) in [7, 11) is 0. The molecule has 0 N–H and O–H groups in total. The molecule has 1 saturated heterocycles. The van der Waals surface area contributed by atoms with Crippen LogP contribution in [-0.2, 0) is 6.54 Å². The van der Waals surface area contributed by atoms with Crippen molar-refractivity contribution < 1.29 is 0 Å². The van der Waals surface area contributed by atoms with E-state index >= 15 is 0 Å². The lowest BCUT2D eigenvalue weighted by Crippen LogP contribution is -2.32. The second-order valence-corrected chi connectivity index (χ2v) is 4.67. The standard InChI is InChI=1S/C12H17ClN3O/c13-11-5-6-12(17)16(14-11)10-4-9-15-7-2-1-3-8-15/h1,5-6H,2-4,7-10H2. The van der Waals surface area contributed by atoms with Gasteiger partial charge in [0.05, 0.1) is 0 Å². The Morgan fingerprint density at radius 1 is 1.24 bits per heavy atom. The molecule has 2 rings (SSSR count). The summed E-state index contributed by atoms with van der Waals surface area (Å²) in [6, 6.07) is 2.99. The zero-order valence-corrected chi connectivity index (χ0v) is 10.6. The molecule has 0 amide bonds. The molecular formula is C12H17ClN3O. The molecule has 1 fully saturated rings. The van der Waals surface area contributed by atoms with E-state index in [0.29, 0.717) is 11.7 Å². The number of rotatable bonds is 4. The summed E-state index contributed by atoms with van der Waals surface area (Å²) in [5.74, 6) is 0. The van der Waals surface area contributed by atoms with Crippen LogP contribution in [-0.4, -0.2) is 34.3 Å². The van der Waals surface area contributed by atoms with Crippen molar-refractivity contribution in [1.29, 1.82) is 0 Å². The smallest absolute Gasteiger partial charge is 0.266 e. The predicted molar refractivity (Wildman–Crippen MR) is 68.1 cm³/mol. The molecule has 2 heterocycles. The lowest BCUT2D eigenvalue weighted by Gasteiger charge is -2.26. The number of likely N-dealkylation sites (tertiary alicyclic amines) is 1. The lowest BCUT2D eigenvalue weighted by atomic mass is 10.1. The van der Waals surface area contributed by atoms with Gasteiger partial charge in [-0.2, -0.15) is 5.10 Å². The third-order valence-corrected chi connectivity index (χ3v) is 3.18. The highest BCUT2D eigenvalue weighted by atomic mass is 35.5. The zero-order valence-electron chi connectivity index (χ0n) is 9.81. The van der Waals surface area contributed by atoms with Crippen LogP contribution in [0.1, 0.15) is 19.3 Å². The van der Waals surface area contributed by atoms with Gasteiger partial charge in [-0.3, -0.25) is 4.79 Å². The van der Waals surface area contributed by atoms with Crippen molar-refractivity contribution >= 4 is 11.6 Å². The molecule has 0 bridgehead atoms. The van der Waals surface area contributed by atoms with Gasteiger partial charge in [0.25, 0.3) is 5.56 Å². The van der Waals surface area contributed by atoms with Crippen LogP contribution in [0.3, 0.4) is 0 Å². The van der Waals surface area contributed by atoms with Gasteiger partial charge in [0, 0.05) is 12.6 Å². The zero-order chi connectivity index (χ0) is 12.1. The molecule has 4 nitrogen and oxygen atoms in total. The second kappa shape index (κ2) is 6.17. The van der Waals surface area contributed by atoms with Crippen LogP contribution in [0.15, 0.2) is 16.9 Å². The Morgan fingerprint density at radius 2 is 2.00 bits per heavy atom. The summed E-state index contributed by atoms with van der Waals surface area (Å²) in [6.45, 7) is 3.93. The first-order chi connectivity index (χ1) is 8.25. The third-order valence-electron chi connectivity index (χ3n) is 2.98. The minimum absolute atomic E-state index is 0.0821. The molecule has 1 aliphatic heterocycles. The second-order valence-electron chi connectivity index (χ2n) is 4.28. The molecule has 1 radical (unpaired) electrons. The molecule has 5 heteroatoms. The Morgan fingerprint density at radius 3 is 2.76 bits per heavy atom. The number of hydrogen-bond acceptors (Lipinski definition) is 3. The number of aromatic nitrogens is 2. The van der Waals surface area contributed by atoms with E-state index in [9.17, 15) is 4.79 Å². The maximum Gasteiger partial charge on any atom is 0.266 e. The number of nitrogens with zero attached hydrogens (tertiary/aromatic N) is 3. The van der Waals surface area contributed by atoms with Gasteiger partial charge < -0.3 is 4.90 Å². The Balaban J connectivity index is 1.81. The highest BCUT2D eigenvalue weighted by molar-refractivity contribution is 6.29. The summed E-state index contributed by atoms with van der Waals surface area (Å²) in [4.78, 5) is 13.9. The number of piperidine rings is 1. The fourth-order valence-electron chi connectivity index (χ4n) is 2.06. The Labute approximate surface area is 106 Å². The SMILES string of the molecule is O=c1ccc(Cl)nn1CCCN1CC[CH]CC1. The molecule has 1 aliphatic rings. The third kappa shape index (κ3) is 3.82. The van der Waals surface area contributed by atoms with Gasteiger partial charge in [-0.1, -0.05) is 11.6 Å². The minimum atomic E-state index is -0.0821. The van der Waals surface area contributed by atoms with E-state index in [4.69, 9.17) is 11.6 Å². The van der Waals surface area contributed by atoms with Gasteiger partial charge in [0.15, 0.2) is 0 Å². The van der Waals surface area contributed by atoms with Crippen LogP contribution < -0.4 is 5.56 Å². The van der Waals surface area contributed by atoms with Crippen molar-refractivity contribution in [2.75, 3.05) is 19.6 Å². The van der Waals surface area contributed by atoms with Gasteiger partial charge in [-0.25, -0.2) is 4.68 Å². The van der Waals surface area contributed by atoms with Crippen LogP contribution in [0.5, 0.6) is 0 Å². The molecular weight excluding hydrogens is 238 g/mol.